The van der Waals surface area contributed by atoms with E-state index in [0.29, 0.717) is 32.0 Å². The highest BCUT2D eigenvalue weighted by Crippen LogP contribution is 2.30. The van der Waals surface area contributed by atoms with Crippen molar-refractivity contribution in [3.63, 3.8) is 0 Å². The van der Waals surface area contributed by atoms with Crippen LogP contribution >= 0.6 is 15.9 Å². The molecule has 0 radical (unpaired) electrons. The summed E-state index contributed by atoms with van der Waals surface area (Å²) in [5.41, 5.74) is 0. The Labute approximate surface area is 128 Å². The molecule has 1 aliphatic heterocycles. The largest absolute Gasteiger partial charge is 0.492 e. The van der Waals surface area contributed by atoms with Crippen LogP contribution in [0.5, 0.6) is 5.75 Å². The molecule has 1 saturated heterocycles. The molecule has 20 heavy (non-hydrogen) atoms. The van der Waals surface area contributed by atoms with E-state index in [2.05, 4.69) is 21.2 Å². The standard InChI is InChI=1S/C13H19BrN2O3S/c1-3-19-12-5-4-11(14)8-13(12)20(17,18)16-7-6-15-10(2)9-16/h4-5,8,10,15H,3,6-7,9H2,1-2H3/t10-/m0/s1. The van der Waals surface area contributed by atoms with Gasteiger partial charge in [0, 0.05) is 30.1 Å². The molecule has 0 unspecified atom stereocenters. The predicted octanol–water partition coefficient (Wildman–Crippen LogP) is 1.83. The molecule has 1 aromatic rings. The van der Waals surface area contributed by atoms with Crippen LogP contribution in [0, 0.1) is 0 Å². The Hall–Kier alpha value is -0.630. The van der Waals surface area contributed by atoms with Crippen LogP contribution in [0.1, 0.15) is 13.8 Å². The maximum absolute atomic E-state index is 12.8. The number of piperazine rings is 1. The molecule has 1 aliphatic rings. The number of benzene rings is 1. The normalized spacial score (nSPS) is 20.9. The van der Waals surface area contributed by atoms with Crippen LogP contribution in [0.15, 0.2) is 27.6 Å². The zero-order valence-electron chi connectivity index (χ0n) is 11.6. The van der Waals surface area contributed by atoms with Crippen molar-refractivity contribution in [2.75, 3.05) is 26.2 Å². The van der Waals surface area contributed by atoms with Crippen molar-refractivity contribution in [3.05, 3.63) is 22.7 Å². The number of nitrogens with zero attached hydrogens (tertiary/aromatic N) is 1. The van der Waals surface area contributed by atoms with Gasteiger partial charge in [-0.1, -0.05) is 15.9 Å². The van der Waals surface area contributed by atoms with Crippen LogP contribution in [0.25, 0.3) is 0 Å². The second kappa shape index (κ2) is 6.43. The van der Waals surface area contributed by atoms with Crippen LogP contribution in [0.2, 0.25) is 0 Å². The lowest BCUT2D eigenvalue weighted by Crippen LogP contribution is -2.51. The fourth-order valence-electron chi connectivity index (χ4n) is 2.21. The van der Waals surface area contributed by atoms with Gasteiger partial charge >= 0.3 is 0 Å². The molecule has 112 valence electrons. The maximum Gasteiger partial charge on any atom is 0.246 e. The van der Waals surface area contributed by atoms with Crippen LogP contribution in [0.4, 0.5) is 0 Å². The van der Waals surface area contributed by atoms with E-state index in [1.165, 1.54) is 4.31 Å². The summed E-state index contributed by atoms with van der Waals surface area (Å²) in [5, 5.41) is 3.24. The summed E-state index contributed by atoms with van der Waals surface area (Å²) in [7, 11) is -3.53. The number of hydrogen-bond donors (Lipinski definition) is 1. The third-order valence-corrected chi connectivity index (χ3v) is 5.53. The second-order valence-electron chi connectivity index (χ2n) is 4.74. The van der Waals surface area contributed by atoms with Crippen molar-refractivity contribution < 1.29 is 13.2 Å². The molecule has 1 aromatic carbocycles. The lowest BCUT2D eigenvalue weighted by molar-refractivity contribution is 0.304. The van der Waals surface area contributed by atoms with E-state index in [1.54, 1.807) is 18.2 Å². The minimum Gasteiger partial charge on any atom is -0.492 e. The third kappa shape index (κ3) is 3.33. The first-order chi connectivity index (χ1) is 9.45. The number of nitrogens with one attached hydrogen (secondary N) is 1. The van der Waals surface area contributed by atoms with Crippen molar-refractivity contribution in [2.24, 2.45) is 0 Å². The summed E-state index contributed by atoms with van der Waals surface area (Å²) in [6.07, 6.45) is 0. The van der Waals surface area contributed by atoms with Crippen LogP contribution in [-0.2, 0) is 10.0 Å². The lowest BCUT2D eigenvalue weighted by Gasteiger charge is -2.31. The van der Waals surface area contributed by atoms with E-state index in [1.807, 2.05) is 13.8 Å². The van der Waals surface area contributed by atoms with Gasteiger partial charge < -0.3 is 10.1 Å². The van der Waals surface area contributed by atoms with Crippen LogP contribution in [0.3, 0.4) is 0 Å². The minimum atomic E-state index is -3.53. The molecule has 1 heterocycles. The van der Waals surface area contributed by atoms with Gasteiger partial charge in [0.15, 0.2) is 0 Å². The molecule has 2 rings (SSSR count). The monoisotopic (exact) mass is 362 g/mol. The Balaban J connectivity index is 2.40. The molecular weight excluding hydrogens is 344 g/mol. The molecule has 5 nitrogen and oxygen atoms in total. The number of sulfonamides is 1. The van der Waals surface area contributed by atoms with Crippen molar-refractivity contribution >= 4 is 26.0 Å². The first-order valence-corrected chi connectivity index (χ1v) is 8.84. The van der Waals surface area contributed by atoms with Crippen molar-refractivity contribution in [1.29, 1.82) is 0 Å². The fourth-order valence-corrected chi connectivity index (χ4v) is 4.41. The molecule has 1 fully saturated rings. The lowest BCUT2D eigenvalue weighted by atomic mass is 10.3. The molecule has 0 saturated carbocycles. The summed E-state index contributed by atoms with van der Waals surface area (Å²) in [6, 6.07) is 5.23. The van der Waals surface area contributed by atoms with Gasteiger partial charge in [0.2, 0.25) is 10.0 Å². The van der Waals surface area contributed by atoms with Gasteiger partial charge in [-0.05, 0) is 32.0 Å². The Morgan fingerprint density at radius 1 is 1.50 bits per heavy atom. The van der Waals surface area contributed by atoms with Gasteiger partial charge in [0.25, 0.3) is 0 Å². The summed E-state index contributed by atoms with van der Waals surface area (Å²) in [4.78, 5) is 0.225. The van der Waals surface area contributed by atoms with Gasteiger partial charge in [0.05, 0.1) is 6.61 Å². The molecule has 1 atom stereocenters. The molecule has 1 N–H and O–H groups in total. The SMILES string of the molecule is CCOc1ccc(Br)cc1S(=O)(=O)N1CCN[C@@H](C)C1. The van der Waals surface area contributed by atoms with Crippen molar-refractivity contribution in [2.45, 2.75) is 24.8 Å². The number of hydrogen-bond acceptors (Lipinski definition) is 4. The first kappa shape index (κ1) is 15.8. The highest BCUT2D eigenvalue weighted by molar-refractivity contribution is 9.10. The van der Waals surface area contributed by atoms with Crippen molar-refractivity contribution in [1.82, 2.24) is 9.62 Å². The Kier molecular flexibility index (Phi) is 5.06. The number of ether oxygens (including phenoxy) is 1. The number of halogens is 1. The van der Waals surface area contributed by atoms with Gasteiger partial charge in [-0.2, -0.15) is 4.31 Å². The fraction of sp³-hybridized carbons (Fsp3) is 0.538. The quantitative estimate of drug-likeness (QED) is 0.887. The average molecular weight is 363 g/mol. The van der Waals surface area contributed by atoms with Gasteiger partial charge in [0.1, 0.15) is 10.6 Å². The van der Waals surface area contributed by atoms with E-state index >= 15 is 0 Å². The van der Waals surface area contributed by atoms with Gasteiger partial charge in [-0.25, -0.2) is 8.42 Å². The highest BCUT2D eigenvalue weighted by Gasteiger charge is 2.31. The average Bonchev–Trinajstić information content (AvgIpc) is 2.41. The second-order valence-corrected chi connectivity index (χ2v) is 7.56. The predicted molar refractivity (Wildman–Crippen MR) is 81.5 cm³/mol. The third-order valence-electron chi connectivity index (χ3n) is 3.15. The zero-order chi connectivity index (χ0) is 14.8. The summed E-state index contributed by atoms with van der Waals surface area (Å²) >= 11 is 3.32. The first-order valence-electron chi connectivity index (χ1n) is 6.61. The van der Waals surface area contributed by atoms with Crippen LogP contribution in [-0.4, -0.2) is 45.0 Å². The van der Waals surface area contributed by atoms with E-state index in [9.17, 15) is 8.42 Å². The van der Waals surface area contributed by atoms with E-state index < -0.39 is 10.0 Å². The topological polar surface area (TPSA) is 58.6 Å². The van der Waals surface area contributed by atoms with E-state index in [-0.39, 0.29) is 10.9 Å². The Bertz CT molecular complexity index is 577. The van der Waals surface area contributed by atoms with Gasteiger partial charge in [-0.15, -0.1) is 0 Å². The molecule has 0 aromatic heterocycles. The highest BCUT2D eigenvalue weighted by atomic mass is 79.9. The zero-order valence-corrected chi connectivity index (χ0v) is 14.0. The Morgan fingerprint density at radius 2 is 2.25 bits per heavy atom. The molecular formula is C13H19BrN2O3S. The molecule has 0 aliphatic carbocycles. The molecule has 0 bridgehead atoms. The summed E-state index contributed by atoms with van der Waals surface area (Å²) in [5.74, 6) is 0.405. The number of rotatable bonds is 4. The Morgan fingerprint density at radius 3 is 2.90 bits per heavy atom. The molecule has 0 spiro atoms. The minimum absolute atomic E-state index is 0.154. The van der Waals surface area contributed by atoms with Gasteiger partial charge in [-0.3, -0.25) is 0 Å². The molecule has 0 amide bonds. The maximum atomic E-state index is 12.8. The summed E-state index contributed by atoms with van der Waals surface area (Å²) in [6.45, 7) is 5.86. The van der Waals surface area contributed by atoms with Crippen molar-refractivity contribution in [3.8, 4) is 5.75 Å². The summed E-state index contributed by atoms with van der Waals surface area (Å²) < 4.78 is 33.2. The molecule has 7 heteroatoms. The smallest absolute Gasteiger partial charge is 0.246 e. The van der Waals surface area contributed by atoms with E-state index in [0.717, 1.165) is 4.47 Å². The van der Waals surface area contributed by atoms with Crippen LogP contribution < -0.4 is 10.1 Å². The van der Waals surface area contributed by atoms with E-state index in [4.69, 9.17) is 4.74 Å².